The summed E-state index contributed by atoms with van der Waals surface area (Å²) in [6.07, 6.45) is 0. The summed E-state index contributed by atoms with van der Waals surface area (Å²) in [6.45, 7) is 4.87. The van der Waals surface area contributed by atoms with Gasteiger partial charge in [-0.2, -0.15) is 0 Å². The number of hydrogen-bond acceptors (Lipinski definition) is 3. The molecule has 0 aromatic rings. The summed E-state index contributed by atoms with van der Waals surface area (Å²) in [5, 5.41) is 0. The van der Waals surface area contributed by atoms with E-state index in [0.717, 1.165) is 0 Å². The highest BCUT2D eigenvalue weighted by atomic mass is 32.2. The molecule has 0 saturated heterocycles. The third kappa shape index (κ3) is 6.30. The quantitative estimate of drug-likeness (QED) is 0.676. The first-order valence-electron chi connectivity index (χ1n) is 3.80. The molecule has 0 aromatic heterocycles. The van der Waals surface area contributed by atoms with Gasteiger partial charge in [0.1, 0.15) is 5.78 Å². The molecule has 0 atom stereocenters. The number of sulfonamides is 1. The van der Waals surface area contributed by atoms with Crippen LogP contribution in [-0.2, 0) is 14.8 Å². The molecule has 0 radical (unpaired) electrons. The third-order valence-corrected chi connectivity index (χ3v) is 2.78. The van der Waals surface area contributed by atoms with Crippen LogP contribution in [0.3, 0.4) is 0 Å². The smallest absolute Gasteiger partial charge is 0.212 e. The fraction of sp³-hybridized carbons (Fsp3) is 0.857. The average Bonchev–Trinajstić information content (AvgIpc) is 1.81. The second-order valence-electron chi connectivity index (χ2n) is 3.20. The molecule has 0 aliphatic carbocycles. The summed E-state index contributed by atoms with van der Waals surface area (Å²) in [7, 11) is -3.25. The van der Waals surface area contributed by atoms with Crippen molar-refractivity contribution >= 4 is 15.8 Å². The number of Topliss-reactive ketones (excluding diaryl/α,β-unsaturated/α-hetero) is 1. The summed E-state index contributed by atoms with van der Waals surface area (Å²) < 4.78 is 24.4. The van der Waals surface area contributed by atoms with Crippen LogP contribution in [-0.4, -0.2) is 26.5 Å². The van der Waals surface area contributed by atoms with Crippen molar-refractivity contribution in [2.24, 2.45) is 5.92 Å². The lowest BCUT2D eigenvalue weighted by atomic mass is 10.3. The summed E-state index contributed by atoms with van der Waals surface area (Å²) in [5.74, 6) is -0.0305. The number of rotatable bonds is 5. The minimum Gasteiger partial charge on any atom is -0.299 e. The van der Waals surface area contributed by atoms with Crippen LogP contribution in [0.4, 0.5) is 0 Å². The normalized spacial score (nSPS) is 12.0. The molecule has 0 fully saturated rings. The van der Waals surface area contributed by atoms with Gasteiger partial charge >= 0.3 is 0 Å². The molecule has 12 heavy (non-hydrogen) atoms. The molecule has 0 aromatic carbocycles. The van der Waals surface area contributed by atoms with Gasteiger partial charge in [0, 0.05) is 0 Å². The lowest BCUT2D eigenvalue weighted by molar-refractivity contribution is -0.115. The van der Waals surface area contributed by atoms with E-state index < -0.39 is 10.0 Å². The molecule has 0 saturated carbocycles. The van der Waals surface area contributed by atoms with Crippen LogP contribution in [0.25, 0.3) is 0 Å². The van der Waals surface area contributed by atoms with Crippen molar-refractivity contribution in [3.63, 3.8) is 0 Å². The minimum atomic E-state index is -3.25. The number of carbonyl (C=O) groups is 1. The van der Waals surface area contributed by atoms with Crippen LogP contribution in [0.5, 0.6) is 0 Å². The van der Waals surface area contributed by atoms with Gasteiger partial charge in [0.05, 0.1) is 12.3 Å². The van der Waals surface area contributed by atoms with Crippen LogP contribution in [0.1, 0.15) is 20.8 Å². The highest BCUT2D eigenvalue weighted by molar-refractivity contribution is 7.89. The maximum Gasteiger partial charge on any atom is 0.212 e. The molecule has 1 N–H and O–H groups in total. The van der Waals surface area contributed by atoms with Crippen LogP contribution >= 0.6 is 0 Å². The van der Waals surface area contributed by atoms with Crippen molar-refractivity contribution < 1.29 is 13.2 Å². The van der Waals surface area contributed by atoms with Crippen LogP contribution in [0.15, 0.2) is 0 Å². The molecule has 0 amide bonds. The summed E-state index contributed by atoms with van der Waals surface area (Å²) in [6, 6.07) is 0. The van der Waals surface area contributed by atoms with Gasteiger partial charge in [0.15, 0.2) is 0 Å². The molecule has 0 bridgehead atoms. The first-order valence-corrected chi connectivity index (χ1v) is 5.45. The van der Waals surface area contributed by atoms with Gasteiger partial charge in [-0.1, -0.05) is 13.8 Å². The number of hydrogen-bond donors (Lipinski definition) is 1. The standard InChI is InChI=1S/C7H15NO3S/c1-6(2)5-12(10,11)8-4-7(3)9/h6,8H,4-5H2,1-3H3. The number of carbonyl (C=O) groups excluding carboxylic acids is 1. The molecular weight excluding hydrogens is 178 g/mol. The van der Waals surface area contributed by atoms with Crippen molar-refractivity contribution in [2.45, 2.75) is 20.8 Å². The topological polar surface area (TPSA) is 63.2 Å². The Morgan fingerprint density at radius 3 is 2.25 bits per heavy atom. The number of ketones is 1. The second kappa shape index (κ2) is 4.57. The molecule has 4 nitrogen and oxygen atoms in total. The molecule has 72 valence electrons. The predicted octanol–water partition coefficient (Wildman–Crippen LogP) is 0.151. The zero-order chi connectivity index (χ0) is 9.78. The zero-order valence-electron chi connectivity index (χ0n) is 7.62. The van der Waals surface area contributed by atoms with Crippen molar-refractivity contribution in [1.82, 2.24) is 4.72 Å². The van der Waals surface area contributed by atoms with Gasteiger partial charge in [0.2, 0.25) is 10.0 Å². The van der Waals surface area contributed by atoms with E-state index in [0.29, 0.717) is 0 Å². The Morgan fingerprint density at radius 1 is 1.42 bits per heavy atom. The number of nitrogens with one attached hydrogen (secondary N) is 1. The van der Waals surface area contributed by atoms with Gasteiger partial charge < -0.3 is 0 Å². The maximum absolute atomic E-state index is 11.1. The lowest BCUT2D eigenvalue weighted by Gasteiger charge is -2.06. The molecule has 5 heteroatoms. The fourth-order valence-corrected chi connectivity index (χ4v) is 2.13. The van der Waals surface area contributed by atoms with Crippen molar-refractivity contribution in [1.29, 1.82) is 0 Å². The summed E-state index contributed by atoms with van der Waals surface area (Å²) >= 11 is 0. The maximum atomic E-state index is 11.1. The lowest BCUT2D eigenvalue weighted by Crippen LogP contribution is -2.32. The molecule has 0 unspecified atom stereocenters. The molecule has 0 rings (SSSR count). The molecule has 0 aliphatic rings. The Balaban J connectivity index is 3.98. The molecular formula is C7H15NO3S. The predicted molar refractivity (Wildman–Crippen MR) is 47.3 cm³/mol. The largest absolute Gasteiger partial charge is 0.299 e. The van der Waals surface area contributed by atoms with E-state index in [-0.39, 0.29) is 24.0 Å². The Labute approximate surface area is 73.4 Å². The fourth-order valence-electron chi connectivity index (χ4n) is 0.709. The Morgan fingerprint density at radius 2 is 1.92 bits per heavy atom. The highest BCUT2D eigenvalue weighted by Gasteiger charge is 2.12. The SMILES string of the molecule is CC(=O)CNS(=O)(=O)CC(C)C. The van der Waals surface area contributed by atoms with Gasteiger partial charge in [-0.25, -0.2) is 13.1 Å². The molecule has 0 heterocycles. The first-order chi connectivity index (χ1) is 5.33. The van der Waals surface area contributed by atoms with E-state index in [4.69, 9.17) is 0 Å². The molecule has 0 spiro atoms. The summed E-state index contributed by atoms with van der Waals surface area (Å²) in [4.78, 5) is 10.4. The van der Waals surface area contributed by atoms with Crippen LogP contribution in [0, 0.1) is 5.92 Å². The zero-order valence-corrected chi connectivity index (χ0v) is 8.44. The van der Waals surface area contributed by atoms with Crippen molar-refractivity contribution in [2.75, 3.05) is 12.3 Å². The second-order valence-corrected chi connectivity index (χ2v) is 5.05. The van der Waals surface area contributed by atoms with Crippen LogP contribution < -0.4 is 4.72 Å². The monoisotopic (exact) mass is 193 g/mol. The van der Waals surface area contributed by atoms with E-state index in [1.165, 1.54) is 6.92 Å². The van der Waals surface area contributed by atoms with E-state index in [1.54, 1.807) is 0 Å². The Bertz CT molecular complexity index is 243. The highest BCUT2D eigenvalue weighted by Crippen LogP contribution is 1.96. The molecule has 0 aliphatic heterocycles. The van der Waals surface area contributed by atoms with Gasteiger partial charge in [-0.05, 0) is 12.8 Å². The minimum absolute atomic E-state index is 0.0697. The Hall–Kier alpha value is -0.420. The van der Waals surface area contributed by atoms with Gasteiger partial charge in [0.25, 0.3) is 0 Å². The van der Waals surface area contributed by atoms with E-state index in [9.17, 15) is 13.2 Å². The van der Waals surface area contributed by atoms with Crippen molar-refractivity contribution in [3.8, 4) is 0 Å². The van der Waals surface area contributed by atoms with Gasteiger partial charge in [-0.15, -0.1) is 0 Å². The van der Waals surface area contributed by atoms with E-state index >= 15 is 0 Å². The third-order valence-electron chi connectivity index (χ3n) is 1.09. The Kier molecular flexibility index (Phi) is 4.41. The first kappa shape index (κ1) is 11.6. The van der Waals surface area contributed by atoms with Crippen molar-refractivity contribution in [3.05, 3.63) is 0 Å². The van der Waals surface area contributed by atoms with E-state index in [1.807, 2.05) is 13.8 Å². The van der Waals surface area contributed by atoms with Crippen LogP contribution in [0.2, 0.25) is 0 Å². The summed E-state index contributed by atoms with van der Waals surface area (Å²) in [5.41, 5.74) is 0. The van der Waals surface area contributed by atoms with E-state index in [2.05, 4.69) is 4.72 Å². The van der Waals surface area contributed by atoms with Gasteiger partial charge in [-0.3, -0.25) is 4.79 Å². The average molecular weight is 193 g/mol.